The molecule has 21 heavy (non-hydrogen) atoms. The van der Waals surface area contributed by atoms with Gasteiger partial charge in [-0.2, -0.15) is 0 Å². The van der Waals surface area contributed by atoms with E-state index in [1.807, 2.05) is 5.43 Å². The molecule has 0 aromatic heterocycles. The molecule has 2 rings (SSSR count). The number of rotatable bonds is 5. The lowest BCUT2D eigenvalue weighted by Gasteiger charge is -2.25. The summed E-state index contributed by atoms with van der Waals surface area (Å²) in [5.74, 6) is 2.52. The summed E-state index contributed by atoms with van der Waals surface area (Å²) in [5.41, 5.74) is 0.699. The van der Waals surface area contributed by atoms with Crippen LogP contribution in [0.1, 0.15) is 16.8 Å². The van der Waals surface area contributed by atoms with Gasteiger partial charge in [0.05, 0.1) is 6.61 Å². The monoisotopic (exact) mass is 301 g/mol. The quantitative estimate of drug-likeness (QED) is 0.553. The van der Waals surface area contributed by atoms with Gasteiger partial charge in [0.25, 0.3) is 5.91 Å². The lowest BCUT2D eigenvalue weighted by atomic mass is 10.0. The van der Waals surface area contributed by atoms with E-state index in [0.29, 0.717) is 19.6 Å². The van der Waals surface area contributed by atoms with Crippen LogP contribution in [0.2, 0.25) is 0 Å². The highest BCUT2D eigenvalue weighted by Gasteiger charge is 2.35. The van der Waals surface area contributed by atoms with Gasteiger partial charge in [-0.15, -0.1) is 0 Å². The van der Waals surface area contributed by atoms with E-state index in [0.717, 1.165) is 12.1 Å². The van der Waals surface area contributed by atoms with Crippen molar-refractivity contribution < 1.29 is 23.0 Å². The van der Waals surface area contributed by atoms with Crippen LogP contribution in [-0.2, 0) is 9.47 Å². The first-order valence-corrected chi connectivity index (χ1v) is 6.38. The number of benzene rings is 1. The lowest BCUT2D eigenvalue weighted by Crippen LogP contribution is -2.45. The van der Waals surface area contributed by atoms with E-state index in [4.69, 9.17) is 15.3 Å². The van der Waals surface area contributed by atoms with Crippen molar-refractivity contribution in [2.75, 3.05) is 32.3 Å². The predicted octanol–water partition coefficient (Wildman–Crippen LogP) is 0.786. The number of hydrazine groups is 1. The Kier molecular flexibility index (Phi) is 4.71. The lowest BCUT2D eigenvalue weighted by molar-refractivity contribution is -0.0148. The van der Waals surface area contributed by atoms with Gasteiger partial charge in [0.2, 0.25) is 0 Å². The van der Waals surface area contributed by atoms with Gasteiger partial charge in [0, 0.05) is 32.2 Å². The average Bonchev–Trinajstić information content (AvgIpc) is 2.94. The van der Waals surface area contributed by atoms with Crippen LogP contribution in [0.3, 0.4) is 0 Å². The summed E-state index contributed by atoms with van der Waals surface area (Å²) >= 11 is 0. The Hall–Kier alpha value is -1.77. The molecule has 6 nitrogen and oxygen atoms in total. The maximum absolute atomic E-state index is 13.5. The third-order valence-electron chi connectivity index (χ3n) is 3.52. The molecule has 4 N–H and O–H groups in total. The Labute approximate surface area is 120 Å². The van der Waals surface area contributed by atoms with Crippen LogP contribution >= 0.6 is 0 Å². The van der Waals surface area contributed by atoms with E-state index in [9.17, 15) is 13.6 Å². The normalized spacial score (nSPS) is 21.3. The topological polar surface area (TPSA) is 85.6 Å². The summed E-state index contributed by atoms with van der Waals surface area (Å²) in [6, 6.07) is 1.83. The highest BCUT2D eigenvalue weighted by molar-refractivity contribution is 5.94. The number of nitrogen functional groups attached to an aromatic ring is 1. The van der Waals surface area contributed by atoms with Crippen LogP contribution in [0.4, 0.5) is 14.5 Å². The van der Waals surface area contributed by atoms with Crippen LogP contribution in [0.5, 0.6) is 0 Å². The second-order valence-electron chi connectivity index (χ2n) is 4.83. The second kappa shape index (κ2) is 6.33. The fourth-order valence-corrected chi connectivity index (χ4v) is 2.15. The summed E-state index contributed by atoms with van der Waals surface area (Å²) < 4.78 is 37.7. The molecule has 0 spiro atoms. The number of ether oxygens (including phenoxy) is 2. The molecule has 0 aliphatic carbocycles. The van der Waals surface area contributed by atoms with Crippen molar-refractivity contribution >= 4 is 11.6 Å². The van der Waals surface area contributed by atoms with E-state index >= 15 is 0 Å². The third-order valence-corrected chi connectivity index (χ3v) is 3.52. The van der Waals surface area contributed by atoms with Gasteiger partial charge >= 0.3 is 0 Å². The minimum atomic E-state index is -0.937. The number of methoxy groups -OCH3 is 1. The van der Waals surface area contributed by atoms with Crippen molar-refractivity contribution in [3.8, 4) is 0 Å². The average molecular weight is 301 g/mol. The van der Waals surface area contributed by atoms with Crippen molar-refractivity contribution in [2.45, 2.75) is 12.0 Å². The smallest absolute Gasteiger partial charge is 0.251 e. The first kappa shape index (κ1) is 15.6. The number of halogens is 2. The van der Waals surface area contributed by atoms with E-state index < -0.39 is 28.8 Å². The molecule has 116 valence electrons. The molecular weight excluding hydrogens is 284 g/mol. The molecule has 1 atom stereocenters. The standard InChI is InChI=1S/C13H17F2N3O3/c1-20-13(2-3-21-7-13)6-17-12(19)8-4-9(14)11(18-16)10(15)5-8/h4-5,18H,2-3,6-7,16H2,1H3,(H,17,19). The van der Waals surface area contributed by atoms with Crippen LogP contribution < -0.4 is 16.6 Å². The number of hydrogen-bond donors (Lipinski definition) is 3. The molecule has 1 aliphatic heterocycles. The largest absolute Gasteiger partial charge is 0.378 e. The Morgan fingerprint density at radius 2 is 2.14 bits per heavy atom. The van der Waals surface area contributed by atoms with Gasteiger partial charge in [-0.05, 0) is 12.1 Å². The van der Waals surface area contributed by atoms with Crippen LogP contribution in [0, 0.1) is 11.6 Å². The van der Waals surface area contributed by atoms with E-state index in [1.54, 1.807) is 0 Å². The molecule has 1 aliphatic rings. The van der Waals surface area contributed by atoms with Crippen LogP contribution in [0.25, 0.3) is 0 Å². The zero-order chi connectivity index (χ0) is 15.5. The summed E-state index contributed by atoms with van der Waals surface area (Å²) in [6.07, 6.45) is 0.641. The molecule has 1 unspecified atom stereocenters. The van der Waals surface area contributed by atoms with Crippen molar-refractivity contribution in [3.63, 3.8) is 0 Å². The first-order chi connectivity index (χ1) is 10.0. The minimum absolute atomic E-state index is 0.130. The summed E-state index contributed by atoms with van der Waals surface area (Å²) in [7, 11) is 1.53. The molecule has 0 bridgehead atoms. The predicted molar refractivity (Wildman–Crippen MR) is 71.7 cm³/mol. The van der Waals surface area contributed by atoms with Crippen molar-refractivity contribution in [1.82, 2.24) is 5.32 Å². The van der Waals surface area contributed by atoms with E-state index in [1.165, 1.54) is 7.11 Å². The number of carbonyl (C=O) groups is 1. The summed E-state index contributed by atoms with van der Waals surface area (Å²) in [5, 5.41) is 2.60. The van der Waals surface area contributed by atoms with E-state index in [2.05, 4.69) is 5.32 Å². The molecule has 1 aromatic carbocycles. The molecule has 1 amide bonds. The fraction of sp³-hybridized carbons (Fsp3) is 0.462. The highest BCUT2D eigenvalue weighted by atomic mass is 19.1. The van der Waals surface area contributed by atoms with Gasteiger partial charge in [-0.25, -0.2) is 8.78 Å². The van der Waals surface area contributed by atoms with Gasteiger partial charge in [0.1, 0.15) is 11.3 Å². The van der Waals surface area contributed by atoms with Crippen LogP contribution in [-0.4, -0.2) is 38.4 Å². The Morgan fingerprint density at radius 1 is 1.48 bits per heavy atom. The number of nitrogens with one attached hydrogen (secondary N) is 2. The molecule has 8 heteroatoms. The molecule has 0 saturated carbocycles. The number of carbonyl (C=O) groups excluding carboxylic acids is 1. The first-order valence-electron chi connectivity index (χ1n) is 6.38. The Bertz CT molecular complexity index is 510. The molecule has 1 heterocycles. The second-order valence-corrected chi connectivity index (χ2v) is 4.83. The minimum Gasteiger partial charge on any atom is -0.378 e. The molecule has 1 saturated heterocycles. The Balaban J connectivity index is 2.07. The molecule has 1 aromatic rings. The highest BCUT2D eigenvalue weighted by Crippen LogP contribution is 2.22. The number of anilines is 1. The van der Waals surface area contributed by atoms with Crippen molar-refractivity contribution in [2.24, 2.45) is 5.84 Å². The summed E-state index contributed by atoms with van der Waals surface area (Å²) in [6.45, 7) is 1.11. The van der Waals surface area contributed by atoms with Gasteiger partial charge < -0.3 is 20.2 Å². The maximum Gasteiger partial charge on any atom is 0.251 e. The van der Waals surface area contributed by atoms with E-state index in [-0.39, 0.29) is 12.1 Å². The van der Waals surface area contributed by atoms with Crippen molar-refractivity contribution in [3.05, 3.63) is 29.3 Å². The molecule has 1 fully saturated rings. The zero-order valence-corrected chi connectivity index (χ0v) is 11.5. The number of amides is 1. The fourth-order valence-electron chi connectivity index (χ4n) is 2.15. The molecular formula is C13H17F2N3O3. The SMILES string of the molecule is COC1(CNC(=O)c2cc(F)c(NN)c(F)c2)CCOC1. The number of nitrogens with two attached hydrogens (primary N) is 1. The van der Waals surface area contributed by atoms with Gasteiger partial charge in [-0.1, -0.05) is 0 Å². The summed E-state index contributed by atoms with van der Waals surface area (Å²) in [4.78, 5) is 12.0. The number of hydrogen-bond acceptors (Lipinski definition) is 5. The van der Waals surface area contributed by atoms with Crippen molar-refractivity contribution in [1.29, 1.82) is 0 Å². The Morgan fingerprint density at radius 3 is 2.62 bits per heavy atom. The maximum atomic E-state index is 13.5. The van der Waals surface area contributed by atoms with Crippen LogP contribution in [0.15, 0.2) is 12.1 Å². The van der Waals surface area contributed by atoms with Gasteiger partial charge in [0.15, 0.2) is 11.6 Å². The molecule has 0 radical (unpaired) electrons. The zero-order valence-electron chi connectivity index (χ0n) is 11.5. The van der Waals surface area contributed by atoms with Gasteiger partial charge in [-0.3, -0.25) is 10.6 Å². The third kappa shape index (κ3) is 3.29.